The maximum atomic E-state index is 14.5. The molecule has 0 spiro atoms. The lowest BCUT2D eigenvalue weighted by Crippen LogP contribution is -2.54. The number of benzene rings is 4. The van der Waals surface area contributed by atoms with E-state index in [1.165, 1.54) is 0 Å². The lowest BCUT2D eigenvalue weighted by atomic mass is 9.87. The van der Waals surface area contributed by atoms with Gasteiger partial charge in [-0.05, 0) is 89.6 Å². The highest BCUT2D eigenvalue weighted by atomic mass is 16.3. The molecule has 286 valence electrons. The van der Waals surface area contributed by atoms with Crippen molar-refractivity contribution in [3.8, 4) is 0 Å². The van der Waals surface area contributed by atoms with Crippen LogP contribution in [0.15, 0.2) is 84.9 Å². The Hall–Kier alpha value is -4.31. The topological polar surface area (TPSA) is 154 Å². The Morgan fingerprint density at radius 3 is 1.81 bits per heavy atom. The number of carbonyl (C=O) groups excluding carboxylic acids is 3. The lowest BCUT2D eigenvalue weighted by molar-refractivity contribution is -0.132. The largest absolute Gasteiger partial charge is 0.394 e. The molecule has 0 radical (unpaired) electrons. The van der Waals surface area contributed by atoms with E-state index in [4.69, 9.17) is 5.73 Å². The Kier molecular flexibility index (Phi) is 16.3. The molecule has 53 heavy (non-hydrogen) atoms. The van der Waals surface area contributed by atoms with Gasteiger partial charge in [-0.2, -0.15) is 0 Å². The molecule has 9 heteroatoms. The number of hydrogen-bond donors (Lipinski definition) is 6. The summed E-state index contributed by atoms with van der Waals surface area (Å²) in [5.41, 5.74) is 7.94. The summed E-state index contributed by atoms with van der Waals surface area (Å²) in [6.07, 6.45) is 2.47. The molecule has 0 aromatic heterocycles. The molecular weight excluding hydrogens is 665 g/mol. The summed E-state index contributed by atoms with van der Waals surface area (Å²) in [5.74, 6) is -1.32. The quantitative estimate of drug-likeness (QED) is 0.0597. The number of nitrogens with one attached hydrogen (secondary N) is 3. The Bertz CT molecular complexity index is 1690. The van der Waals surface area contributed by atoms with Crippen LogP contribution in [-0.2, 0) is 27.2 Å². The number of aliphatic hydroxyl groups excluding tert-OH is 2. The van der Waals surface area contributed by atoms with Crippen LogP contribution in [0.5, 0.6) is 0 Å². The third kappa shape index (κ3) is 12.1. The predicted molar refractivity (Wildman–Crippen MR) is 214 cm³/mol. The van der Waals surface area contributed by atoms with Gasteiger partial charge in [-0.1, -0.05) is 119 Å². The standard InChI is InChI=1S/C44H60N4O5/c1-5-30(4)40(28-49)46-42(51)27-41(50)39(24-29(2)3)48-44(53)38(22-10-11-23-45)47-43(52)35(25-33-18-12-16-31-14-6-8-20-36(31)33)26-34-19-13-17-32-15-7-9-21-37(32)34/h6-9,12-21,29-30,35,38-41,49-50H,5,10-11,22-28,45H2,1-4H3,(H,46,51)(H,47,52)(H,48,53)/t30?,38-,39?,40+,41?/m0/s1. The molecule has 4 rings (SSSR count). The first-order valence-corrected chi connectivity index (χ1v) is 19.4. The average Bonchev–Trinajstić information content (AvgIpc) is 3.15. The van der Waals surface area contributed by atoms with Crippen molar-refractivity contribution in [1.29, 1.82) is 0 Å². The highest BCUT2D eigenvalue weighted by molar-refractivity contribution is 5.91. The van der Waals surface area contributed by atoms with E-state index in [-0.39, 0.29) is 30.8 Å². The Balaban J connectivity index is 1.59. The maximum absolute atomic E-state index is 14.5. The number of nitrogens with two attached hydrogens (primary N) is 1. The molecule has 3 amide bonds. The van der Waals surface area contributed by atoms with E-state index in [1.54, 1.807) is 0 Å². The lowest BCUT2D eigenvalue weighted by Gasteiger charge is -2.29. The van der Waals surface area contributed by atoms with E-state index in [2.05, 4.69) is 64.5 Å². The molecule has 5 atom stereocenters. The van der Waals surface area contributed by atoms with E-state index in [1.807, 2.05) is 64.1 Å². The van der Waals surface area contributed by atoms with Crippen LogP contribution in [0.1, 0.15) is 77.3 Å². The monoisotopic (exact) mass is 724 g/mol. The molecule has 0 saturated heterocycles. The minimum absolute atomic E-state index is 0.0650. The summed E-state index contributed by atoms with van der Waals surface area (Å²) < 4.78 is 0. The number of hydrogen-bond acceptors (Lipinski definition) is 6. The van der Waals surface area contributed by atoms with Crippen LogP contribution >= 0.6 is 0 Å². The Labute approximate surface area is 315 Å². The first-order chi connectivity index (χ1) is 25.5. The van der Waals surface area contributed by atoms with Gasteiger partial charge in [0.05, 0.1) is 31.2 Å². The zero-order valence-electron chi connectivity index (χ0n) is 31.9. The molecule has 0 aliphatic carbocycles. The Morgan fingerprint density at radius 1 is 0.717 bits per heavy atom. The van der Waals surface area contributed by atoms with Gasteiger partial charge in [-0.3, -0.25) is 14.4 Å². The third-order valence-electron chi connectivity index (χ3n) is 10.4. The average molecular weight is 725 g/mol. The van der Waals surface area contributed by atoms with Gasteiger partial charge in [0.25, 0.3) is 0 Å². The molecule has 0 aliphatic rings. The maximum Gasteiger partial charge on any atom is 0.242 e. The molecule has 3 unspecified atom stereocenters. The molecule has 0 saturated carbocycles. The second-order valence-electron chi connectivity index (χ2n) is 15.0. The zero-order chi connectivity index (χ0) is 38.3. The fourth-order valence-corrected chi connectivity index (χ4v) is 7.13. The predicted octanol–water partition coefficient (Wildman–Crippen LogP) is 5.81. The first kappa shape index (κ1) is 41.4. The molecule has 0 bridgehead atoms. The van der Waals surface area contributed by atoms with Gasteiger partial charge < -0.3 is 31.9 Å². The normalized spacial score (nSPS) is 14.5. The van der Waals surface area contributed by atoms with E-state index in [0.29, 0.717) is 45.1 Å². The van der Waals surface area contributed by atoms with Crippen molar-refractivity contribution in [3.05, 3.63) is 96.1 Å². The minimum atomic E-state index is -1.16. The van der Waals surface area contributed by atoms with E-state index in [9.17, 15) is 24.6 Å². The number of aliphatic hydroxyl groups is 2. The van der Waals surface area contributed by atoms with Gasteiger partial charge >= 0.3 is 0 Å². The summed E-state index contributed by atoms with van der Waals surface area (Å²) >= 11 is 0. The second-order valence-corrected chi connectivity index (χ2v) is 15.0. The molecule has 9 nitrogen and oxygen atoms in total. The molecule has 4 aromatic rings. The molecule has 0 aliphatic heterocycles. The van der Waals surface area contributed by atoms with Crippen LogP contribution in [0.2, 0.25) is 0 Å². The highest BCUT2D eigenvalue weighted by Gasteiger charge is 2.31. The third-order valence-corrected chi connectivity index (χ3v) is 10.4. The molecule has 7 N–H and O–H groups in total. The van der Waals surface area contributed by atoms with Crippen LogP contribution < -0.4 is 21.7 Å². The van der Waals surface area contributed by atoms with Crippen LogP contribution in [0.3, 0.4) is 0 Å². The van der Waals surface area contributed by atoms with Crippen molar-refractivity contribution >= 4 is 39.3 Å². The van der Waals surface area contributed by atoms with Crippen molar-refractivity contribution in [1.82, 2.24) is 16.0 Å². The Morgan fingerprint density at radius 2 is 1.28 bits per heavy atom. The van der Waals surface area contributed by atoms with Gasteiger partial charge in [0.2, 0.25) is 17.7 Å². The van der Waals surface area contributed by atoms with Crippen molar-refractivity contribution in [2.75, 3.05) is 13.2 Å². The number of fused-ring (bicyclic) bond motifs is 2. The van der Waals surface area contributed by atoms with Gasteiger partial charge in [0, 0.05) is 5.92 Å². The van der Waals surface area contributed by atoms with Crippen molar-refractivity contribution < 1.29 is 24.6 Å². The SMILES string of the molecule is CCC(C)[C@@H](CO)NC(=O)CC(O)C(CC(C)C)NC(=O)[C@H](CCCCN)NC(=O)C(Cc1cccc2ccccc12)Cc1cccc2ccccc12. The fourth-order valence-electron chi connectivity index (χ4n) is 7.13. The highest BCUT2D eigenvalue weighted by Crippen LogP contribution is 2.27. The molecule has 0 fully saturated rings. The van der Waals surface area contributed by atoms with Crippen LogP contribution in [0.25, 0.3) is 21.5 Å². The summed E-state index contributed by atoms with van der Waals surface area (Å²) in [7, 11) is 0. The fraction of sp³-hybridized carbons (Fsp3) is 0.477. The number of carbonyl (C=O) groups is 3. The summed E-state index contributed by atoms with van der Waals surface area (Å²) in [4.78, 5) is 41.5. The van der Waals surface area contributed by atoms with Gasteiger partial charge in [-0.25, -0.2) is 0 Å². The second kappa shape index (κ2) is 20.8. The van der Waals surface area contributed by atoms with E-state index in [0.717, 1.165) is 39.1 Å². The zero-order valence-corrected chi connectivity index (χ0v) is 31.9. The number of rotatable bonds is 21. The van der Waals surface area contributed by atoms with Gasteiger partial charge in [0.1, 0.15) is 6.04 Å². The molecular formula is C44H60N4O5. The van der Waals surface area contributed by atoms with Crippen molar-refractivity contribution in [3.63, 3.8) is 0 Å². The molecule has 4 aromatic carbocycles. The van der Waals surface area contributed by atoms with E-state index < -0.39 is 42.0 Å². The summed E-state index contributed by atoms with van der Waals surface area (Å²) in [5, 5.41) is 34.4. The minimum Gasteiger partial charge on any atom is -0.394 e. The van der Waals surface area contributed by atoms with Crippen LogP contribution in [0, 0.1) is 17.8 Å². The summed E-state index contributed by atoms with van der Waals surface area (Å²) in [6, 6.07) is 26.6. The van der Waals surface area contributed by atoms with Gasteiger partial charge in [0.15, 0.2) is 0 Å². The number of unbranched alkanes of at least 4 members (excludes halogenated alkanes) is 1. The van der Waals surface area contributed by atoms with Crippen molar-refractivity contribution in [2.45, 2.75) is 103 Å². The first-order valence-electron chi connectivity index (χ1n) is 19.4. The van der Waals surface area contributed by atoms with E-state index >= 15 is 0 Å². The van der Waals surface area contributed by atoms with Gasteiger partial charge in [-0.15, -0.1) is 0 Å². The number of amides is 3. The van der Waals surface area contributed by atoms with Crippen LogP contribution in [-0.4, -0.2) is 65.3 Å². The molecule has 0 heterocycles. The van der Waals surface area contributed by atoms with Crippen LogP contribution in [0.4, 0.5) is 0 Å². The summed E-state index contributed by atoms with van der Waals surface area (Å²) in [6.45, 7) is 8.18. The van der Waals surface area contributed by atoms with Crippen molar-refractivity contribution in [2.24, 2.45) is 23.5 Å². The smallest absolute Gasteiger partial charge is 0.242 e.